The van der Waals surface area contributed by atoms with E-state index in [-0.39, 0.29) is 17.3 Å². The molecule has 1 saturated carbocycles. The Kier molecular flexibility index (Phi) is 6.67. The van der Waals surface area contributed by atoms with Crippen molar-refractivity contribution < 1.29 is 29.4 Å². The highest BCUT2D eigenvalue weighted by atomic mass is 32.2. The lowest BCUT2D eigenvalue weighted by molar-refractivity contribution is -0.148. The Hall–Kier alpha value is -1.57. The number of amides is 1. The highest BCUT2D eigenvalue weighted by Gasteiger charge is 2.36. The van der Waals surface area contributed by atoms with E-state index < -0.39 is 35.7 Å². The number of carboxylic acids is 2. The Morgan fingerprint density at radius 3 is 2.57 bits per heavy atom. The van der Waals surface area contributed by atoms with E-state index in [4.69, 9.17) is 10.2 Å². The van der Waals surface area contributed by atoms with E-state index in [0.717, 1.165) is 0 Å². The van der Waals surface area contributed by atoms with Crippen molar-refractivity contribution in [2.24, 2.45) is 11.8 Å². The molecule has 2 unspecified atom stereocenters. The summed E-state index contributed by atoms with van der Waals surface area (Å²) in [5.74, 6) is -3.55. The number of carbonyl (C=O) groups excluding carboxylic acids is 2. The van der Waals surface area contributed by atoms with Crippen LogP contribution in [0.25, 0.3) is 0 Å². The van der Waals surface area contributed by atoms with Crippen LogP contribution in [-0.4, -0.2) is 51.4 Å². The number of rotatable bonds is 7. The quantitative estimate of drug-likeness (QED) is 0.620. The zero-order valence-corrected chi connectivity index (χ0v) is 12.5. The second-order valence-corrected chi connectivity index (χ2v) is 6.11. The van der Waals surface area contributed by atoms with E-state index in [2.05, 4.69) is 5.32 Å². The van der Waals surface area contributed by atoms with E-state index in [1.165, 1.54) is 18.7 Å². The van der Waals surface area contributed by atoms with Gasteiger partial charge in [-0.1, -0.05) is 0 Å². The number of hydrogen-bond donors (Lipinski definition) is 3. The third kappa shape index (κ3) is 5.37. The van der Waals surface area contributed by atoms with Gasteiger partial charge < -0.3 is 15.5 Å². The summed E-state index contributed by atoms with van der Waals surface area (Å²) in [5.41, 5.74) is 0. The lowest BCUT2D eigenvalue weighted by atomic mass is 9.79. The maximum atomic E-state index is 11.8. The molecule has 0 bridgehead atoms. The van der Waals surface area contributed by atoms with Gasteiger partial charge in [-0.3, -0.25) is 14.4 Å². The predicted molar refractivity (Wildman–Crippen MR) is 76.0 cm³/mol. The van der Waals surface area contributed by atoms with Gasteiger partial charge in [0, 0.05) is 30.8 Å². The van der Waals surface area contributed by atoms with Gasteiger partial charge in [-0.15, -0.1) is 0 Å². The van der Waals surface area contributed by atoms with Crippen molar-refractivity contribution in [2.75, 3.05) is 11.5 Å². The molecule has 0 aliphatic heterocycles. The standard InChI is InChI=1S/C13H19NO6S/c1-7(15)14-10(13(19)20)6-21-5-9-8(12(17)18)3-2-4-11(9)16/h8-10H,2-6H2,1H3,(H,14,15)(H,17,18)(H,19,20)/t8?,9?,10-/m0/s1. The van der Waals surface area contributed by atoms with Crippen molar-refractivity contribution in [3.63, 3.8) is 0 Å². The van der Waals surface area contributed by atoms with Crippen molar-refractivity contribution in [1.29, 1.82) is 0 Å². The predicted octanol–water partition coefficient (Wildman–Crippen LogP) is 0.379. The molecule has 3 atom stereocenters. The molecule has 0 heterocycles. The van der Waals surface area contributed by atoms with Crippen LogP contribution in [0.5, 0.6) is 0 Å². The molecule has 1 aliphatic carbocycles. The molecule has 0 saturated heterocycles. The first-order chi connectivity index (χ1) is 9.82. The zero-order valence-electron chi connectivity index (χ0n) is 11.7. The topological polar surface area (TPSA) is 121 Å². The van der Waals surface area contributed by atoms with Gasteiger partial charge >= 0.3 is 11.9 Å². The highest BCUT2D eigenvalue weighted by Crippen LogP contribution is 2.30. The Labute approximate surface area is 126 Å². The fourth-order valence-corrected chi connectivity index (χ4v) is 3.61. The van der Waals surface area contributed by atoms with Gasteiger partial charge in [0.15, 0.2) is 0 Å². The van der Waals surface area contributed by atoms with E-state index in [1.54, 1.807) is 0 Å². The van der Waals surface area contributed by atoms with Gasteiger partial charge in [-0.2, -0.15) is 11.8 Å². The molecular weight excluding hydrogens is 298 g/mol. The maximum absolute atomic E-state index is 11.8. The number of carbonyl (C=O) groups is 4. The van der Waals surface area contributed by atoms with Gasteiger partial charge in [0.2, 0.25) is 5.91 Å². The average Bonchev–Trinajstić information content (AvgIpc) is 2.38. The lowest BCUT2D eigenvalue weighted by Crippen LogP contribution is -2.42. The molecule has 8 heteroatoms. The van der Waals surface area contributed by atoms with Gasteiger partial charge in [0.1, 0.15) is 11.8 Å². The first-order valence-electron chi connectivity index (χ1n) is 6.66. The molecular formula is C13H19NO6S. The van der Waals surface area contributed by atoms with Crippen molar-refractivity contribution in [2.45, 2.75) is 32.2 Å². The molecule has 1 rings (SSSR count). The molecule has 1 amide bonds. The average molecular weight is 317 g/mol. The van der Waals surface area contributed by atoms with Crippen LogP contribution in [0.4, 0.5) is 0 Å². The molecule has 0 spiro atoms. The summed E-state index contributed by atoms with van der Waals surface area (Å²) in [6.07, 6.45) is 1.43. The van der Waals surface area contributed by atoms with Gasteiger partial charge in [0.05, 0.1) is 5.92 Å². The second kappa shape index (κ2) is 8.02. The zero-order chi connectivity index (χ0) is 16.0. The fraction of sp³-hybridized carbons (Fsp3) is 0.692. The number of ketones is 1. The van der Waals surface area contributed by atoms with Crippen LogP contribution in [0.15, 0.2) is 0 Å². The van der Waals surface area contributed by atoms with Gasteiger partial charge in [-0.25, -0.2) is 4.79 Å². The fourth-order valence-electron chi connectivity index (χ4n) is 2.34. The number of carboxylic acid groups (broad SMARTS) is 2. The Bertz CT molecular complexity index is 438. The molecule has 118 valence electrons. The van der Waals surface area contributed by atoms with Crippen LogP contribution < -0.4 is 5.32 Å². The molecule has 7 nitrogen and oxygen atoms in total. The number of aliphatic carboxylic acids is 2. The van der Waals surface area contributed by atoms with Crippen LogP contribution in [0, 0.1) is 11.8 Å². The summed E-state index contributed by atoms with van der Waals surface area (Å²) in [4.78, 5) is 44.8. The summed E-state index contributed by atoms with van der Waals surface area (Å²) in [7, 11) is 0. The molecule has 0 aromatic rings. The van der Waals surface area contributed by atoms with E-state index in [0.29, 0.717) is 19.3 Å². The third-order valence-electron chi connectivity index (χ3n) is 3.41. The lowest BCUT2D eigenvalue weighted by Gasteiger charge is -2.27. The number of nitrogens with one attached hydrogen (secondary N) is 1. The normalized spacial score (nSPS) is 23.4. The van der Waals surface area contributed by atoms with Crippen molar-refractivity contribution >= 4 is 35.4 Å². The smallest absolute Gasteiger partial charge is 0.327 e. The summed E-state index contributed by atoms with van der Waals surface area (Å²) < 4.78 is 0. The first-order valence-corrected chi connectivity index (χ1v) is 7.81. The van der Waals surface area contributed by atoms with Crippen molar-refractivity contribution in [3.05, 3.63) is 0 Å². The molecule has 1 fully saturated rings. The SMILES string of the molecule is CC(=O)N[C@@H](CSCC1C(=O)CCCC1C(=O)O)C(=O)O. The molecule has 0 aromatic carbocycles. The molecule has 0 aromatic heterocycles. The number of thioether (sulfide) groups is 1. The molecule has 3 N–H and O–H groups in total. The van der Waals surface area contributed by atoms with Crippen LogP contribution in [0.2, 0.25) is 0 Å². The minimum atomic E-state index is -1.15. The van der Waals surface area contributed by atoms with Crippen molar-refractivity contribution in [3.8, 4) is 0 Å². The molecule has 0 radical (unpaired) electrons. The van der Waals surface area contributed by atoms with E-state index >= 15 is 0 Å². The molecule has 1 aliphatic rings. The summed E-state index contributed by atoms with van der Waals surface area (Å²) in [5, 5.41) is 20.4. The summed E-state index contributed by atoms with van der Waals surface area (Å²) in [6, 6.07) is -1.03. The Morgan fingerprint density at radius 2 is 2.05 bits per heavy atom. The Morgan fingerprint density at radius 1 is 1.38 bits per heavy atom. The molecule has 21 heavy (non-hydrogen) atoms. The largest absolute Gasteiger partial charge is 0.481 e. The van der Waals surface area contributed by atoms with Crippen LogP contribution in [-0.2, 0) is 19.2 Å². The first kappa shape index (κ1) is 17.5. The number of hydrogen-bond acceptors (Lipinski definition) is 5. The summed E-state index contributed by atoms with van der Waals surface area (Å²) in [6.45, 7) is 1.23. The monoisotopic (exact) mass is 317 g/mol. The van der Waals surface area contributed by atoms with Gasteiger partial charge in [0.25, 0.3) is 0 Å². The van der Waals surface area contributed by atoms with Crippen LogP contribution in [0.1, 0.15) is 26.2 Å². The second-order valence-electron chi connectivity index (χ2n) is 5.04. The minimum Gasteiger partial charge on any atom is -0.481 e. The highest BCUT2D eigenvalue weighted by molar-refractivity contribution is 7.99. The van der Waals surface area contributed by atoms with Crippen LogP contribution in [0.3, 0.4) is 0 Å². The maximum Gasteiger partial charge on any atom is 0.327 e. The number of Topliss-reactive ketones (excluding diaryl/α,β-unsaturated/α-hetero) is 1. The van der Waals surface area contributed by atoms with Crippen molar-refractivity contribution in [1.82, 2.24) is 5.32 Å². The minimum absolute atomic E-state index is 0.0763. The summed E-state index contributed by atoms with van der Waals surface area (Å²) >= 11 is 1.18. The van der Waals surface area contributed by atoms with Gasteiger partial charge in [-0.05, 0) is 12.8 Å². The van der Waals surface area contributed by atoms with Crippen LogP contribution >= 0.6 is 11.8 Å². The Balaban J connectivity index is 2.54. The van der Waals surface area contributed by atoms with E-state index in [1.807, 2.05) is 0 Å². The van der Waals surface area contributed by atoms with E-state index in [9.17, 15) is 19.2 Å². The third-order valence-corrected chi connectivity index (χ3v) is 4.58.